The van der Waals surface area contributed by atoms with Crippen LogP contribution in [0, 0.1) is 0 Å². The zero-order valence-corrected chi connectivity index (χ0v) is 17.0. The highest BCUT2D eigenvalue weighted by Gasteiger charge is 2.19. The lowest BCUT2D eigenvalue weighted by molar-refractivity contribution is 0.102. The lowest BCUT2D eigenvalue weighted by Crippen LogP contribution is -2.29. The molecular formula is C20H18N4O3S2. The maximum Gasteiger partial charge on any atom is 0.275 e. The van der Waals surface area contributed by atoms with Crippen LogP contribution in [0.5, 0.6) is 0 Å². The lowest BCUT2D eigenvalue weighted by Gasteiger charge is -2.09. The normalized spacial score (nSPS) is 13.7. The second kappa shape index (κ2) is 8.14. The molecule has 0 atom stereocenters. The van der Waals surface area contributed by atoms with Crippen molar-refractivity contribution in [1.29, 1.82) is 0 Å². The minimum atomic E-state index is -3.74. The standard InChI is InChI=1S/C20H18N4O3S2/c25-19(17-13-28-20(23-17)14-6-2-1-3-7-14)22-15-8-4-9-16(12-15)29(26,27)24-18-10-5-11-21-18/h1-4,6-9,12-13H,5,10-11H2,(H,21,24)(H,22,25). The van der Waals surface area contributed by atoms with Crippen molar-refractivity contribution in [3.8, 4) is 10.6 Å². The van der Waals surface area contributed by atoms with E-state index >= 15 is 0 Å². The van der Waals surface area contributed by atoms with Crippen LogP contribution in [0.15, 0.2) is 69.9 Å². The average molecular weight is 427 g/mol. The molecule has 3 aromatic rings. The summed E-state index contributed by atoms with van der Waals surface area (Å²) in [5.74, 6) is 0.0708. The van der Waals surface area contributed by atoms with Crippen molar-refractivity contribution in [2.24, 2.45) is 4.99 Å². The minimum absolute atomic E-state index is 0.0631. The van der Waals surface area contributed by atoms with E-state index in [1.54, 1.807) is 17.5 Å². The van der Waals surface area contributed by atoms with E-state index in [1.165, 1.54) is 23.5 Å². The van der Waals surface area contributed by atoms with Crippen LogP contribution < -0.4 is 10.0 Å². The molecule has 1 aliphatic heterocycles. The molecular weight excluding hydrogens is 408 g/mol. The highest BCUT2D eigenvalue weighted by atomic mass is 32.2. The molecule has 4 rings (SSSR count). The maximum absolute atomic E-state index is 12.5. The quantitative estimate of drug-likeness (QED) is 0.652. The van der Waals surface area contributed by atoms with E-state index in [4.69, 9.17) is 0 Å². The van der Waals surface area contributed by atoms with Crippen LogP contribution in [0.2, 0.25) is 0 Å². The van der Waals surface area contributed by atoms with Gasteiger partial charge in [-0.1, -0.05) is 36.4 Å². The maximum atomic E-state index is 12.5. The van der Waals surface area contributed by atoms with E-state index in [2.05, 4.69) is 20.0 Å². The molecule has 0 radical (unpaired) electrons. The predicted molar refractivity (Wildman–Crippen MR) is 114 cm³/mol. The number of hydrogen-bond acceptors (Lipinski definition) is 6. The molecule has 0 aliphatic carbocycles. The summed E-state index contributed by atoms with van der Waals surface area (Å²) in [4.78, 5) is 21.1. The zero-order chi connectivity index (χ0) is 20.3. The first-order chi connectivity index (χ1) is 14.0. The number of thiazole rings is 1. The van der Waals surface area contributed by atoms with Gasteiger partial charge in [-0.05, 0) is 24.6 Å². The summed E-state index contributed by atoms with van der Waals surface area (Å²) in [6.45, 7) is 0.632. The number of carbonyl (C=O) groups is 1. The van der Waals surface area contributed by atoms with Crippen molar-refractivity contribution in [1.82, 2.24) is 9.71 Å². The summed E-state index contributed by atoms with van der Waals surface area (Å²) in [6, 6.07) is 15.7. The largest absolute Gasteiger partial charge is 0.321 e. The Hall–Kier alpha value is -3.04. The highest BCUT2D eigenvalue weighted by Crippen LogP contribution is 2.24. The fourth-order valence-electron chi connectivity index (χ4n) is 2.86. The zero-order valence-electron chi connectivity index (χ0n) is 15.3. The number of nitrogens with one attached hydrogen (secondary N) is 2. The third-order valence-corrected chi connectivity index (χ3v) is 6.56. The van der Waals surface area contributed by atoms with Crippen molar-refractivity contribution < 1.29 is 13.2 Å². The number of nitrogens with zero attached hydrogens (tertiary/aromatic N) is 2. The molecule has 0 saturated carbocycles. The second-order valence-corrected chi connectivity index (χ2v) is 8.96. The fourth-order valence-corrected chi connectivity index (χ4v) is 4.81. The first-order valence-corrected chi connectivity index (χ1v) is 11.4. The van der Waals surface area contributed by atoms with Gasteiger partial charge in [-0.3, -0.25) is 14.5 Å². The van der Waals surface area contributed by atoms with Gasteiger partial charge in [0, 0.05) is 29.6 Å². The van der Waals surface area contributed by atoms with Crippen molar-refractivity contribution in [2.45, 2.75) is 17.7 Å². The molecule has 29 heavy (non-hydrogen) atoms. The summed E-state index contributed by atoms with van der Waals surface area (Å²) in [5, 5.41) is 5.13. The number of rotatable bonds is 5. The van der Waals surface area contributed by atoms with Gasteiger partial charge in [0.05, 0.1) is 4.90 Å². The SMILES string of the molecule is O=C(Nc1cccc(S(=O)(=O)NC2=NCCC2)c1)c1csc(-c2ccccc2)n1. The average Bonchev–Trinajstić information content (AvgIpc) is 3.41. The number of sulfonamides is 1. The van der Waals surface area contributed by atoms with Crippen LogP contribution in [-0.2, 0) is 10.0 Å². The molecule has 9 heteroatoms. The van der Waals surface area contributed by atoms with Gasteiger partial charge in [0.25, 0.3) is 15.9 Å². The molecule has 0 spiro atoms. The van der Waals surface area contributed by atoms with Crippen LogP contribution >= 0.6 is 11.3 Å². The van der Waals surface area contributed by atoms with E-state index < -0.39 is 15.9 Å². The molecule has 2 N–H and O–H groups in total. The third-order valence-electron chi connectivity index (χ3n) is 4.29. The van der Waals surface area contributed by atoms with E-state index in [0.717, 1.165) is 17.0 Å². The van der Waals surface area contributed by atoms with E-state index in [-0.39, 0.29) is 10.6 Å². The molecule has 1 aliphatic rings. The van der Waals surface area contributed by atoms with Crippen molar-refractivity contribution >= 4 is 38.8 Å². The van der Waals surface area contributed by atoms with E-state index in [9.17, 15) is 13.2 Å². The van der Waals surface area contributed by atoms with E-state index in [0.29, 0.717) is 24.5 Å². The summed E-state index contributed by atoms with van der Waals surface area (Å²) in [7, 11) is -3.74. The third kappa shape index (κ3) is 4.52. The Morgan fingerprint density at radius 3 is 2.66 bits per heavy atom. The van der Waals surface area contributed by atoms with Gasteiger partial charge >= 0.3 is 0 Å². The Kier molecular flexibility index (Phi) is 5.41. The van der Waals surface area contributed by atoms with Gasteiger partial charge in [-0.25, -0.2) is 13.4 Å². The number of benzene rings is 2. The summed E-state index contributed by atoms with van der Waals surface area (Å²) < 4.78 is 27.6. The number of amidine groups is 1. The number of hydrogen-bond donors (Lipinski definition) is 2. The van der Waals surface area contributed by atoms with Gasteiger partial charge in [0.2, 0.25) is 0 Å². The Morgan fingerprint density at radius 2 is 1.90 bits per heavy atom. The van der Waals surface area contributed by atoms with Gasteiger partial charge in [-0.2, -0.15) is 0 Å². The molecule has 148 valence electrons. The van der Waals surface area contributed by atoms with Crippen LogP contribution in [0.3, 0.4) is 0 Å². The van der Waals surface area contributed by atoms with E-state index in [1.807, 2.05) is 30.3 Å². The monoisotopic (exact) mass is 426 g/mol. The Morgan fingerprint density at radius 1 is 1.07 bits per heavy atom. The molecule has 1 amide bonds. The Bertz CT molecular complexity index is 1170. The molecule has 0 unspecified atom stereocenters. The topological polar surface area (TPSA) is 101 Å². The minimum Gasteiger partial charge on any atom is -0.321 e. The molecule has 0 saturated heterocycles. The number of carbonyl (C=O) groups excluding carboxylic acids is 1. The smallest absolute Gasteiger partial charge is 0.275 e. The van der Waals surface area contributed by atoms with Crippen molar-refractivity contribution in [2.75, 3.05) is 11.9 Å². The summed E-state index contributed by atoms with van der Waals surface area (Å²) in [6.07, 6.45) is 1.45. The number of aliphatic imine (C=N–C) groups is 1. The van der Waals surface area contributed by atoms with Crippen molar-refractivity contribution in [3.05, 3.63) is 65.7 Å². The Balaban J connectivity index is 1.49. The first-order valence-electron chi connectivity index (χ1n) is 9.00. The van der Waals surface area contributed by atoms with Gasteiger partial charge < -0.3 is 5.32 Å². The Labute approximate surface area is 172 Å². The first kappa shape index (κ1) is 19.3. The van der Waals surface area contributed by atoms with Crippen LogP contribution in [0.25, 0.3) is 10.6 Å². The predicted octanol–water partition coefficient (Wildman–Crippen LogP) is 3.53. The fraction of sp³-hybridized carbons (Fsp3) is 0.150. The van der Waals surface area contributed by atoms with Gasteiger partial charge in [0.1, 0.15) is 16.5 Å². The summed E-state index contributed by atoms with van der Waals surface area (Å²) >= 11 is 1.38. The van der Waals surface area contributed by atoms with Crippen LogP contribution in [0.1, 0.15) is 23.3 Å². The number of anilines is 1. The molecule has 2 heterocycles. The molecule has 0 bridgehead atoms. The number of amides is 1. The van der Waals surface area contributed by atoms with Gasteiger partial charge in [0.15, 0.2) is 0 Å². The molecule has 2 aromatic carbocycles. The second-order valence-electron chi connectivity index (χ2n) is 6.42. The van der Waals surface area contributed by atoms with Gasteiger partial charge in [-0.15, -0.1) is 11.3 Å². The lowest BCUT2D eigenvalue weighted by atomic mass is 10.2. The van der Waals surface area contributed by atoms with Crippen molar-refractivity contribution in [3.63, 3.8) is 0 Å². The molecule has 7 nitrogen and oxygen atoms in total. The molecule has 0 fully saturated rings. The highest BCUT2D eigenvalue weighted by molar-refractivity contribution is 7.90. The van der Waals surface area contributed by atoms with Crippen LogP contribution in [-0.4, -0.2) is 31.7 Å². The number of aromatic nitrogens is 1. The van der Waals surface area contributed by atoms with Crippen LogP contribution in [0.4, 0.5) is 5.69 Å². The molecule has 1 aromatic heterocycles. The summed E-state index contributed by atoms with van der Waals surface area (Å²) in [5.41, 5.74) is 1.59.